The SMILES string of the molecule is NCc1cccc(NC(=O)c2cccc(C(F)(F)F)c2)c1. The summed E-state index contributed by atoms with van der Waals surface area (Å²) in [6, 6.07) is 11.1. The van der Waals surface area contributed by atoms with Gasteiger partial charge in [-0.25, -0.2) is 0 Å². The molecule has 110 valence electrons. The Labute approximate surface area is 119 Å². The quantitative estimate of drug-likeness (QED) is 0.911. The zero-order valence-corrected chi connectivity index (χ0v) is 10.9. The van der Waals surface area contributed by atoms with Crippen molar-refractivity contribution < 1.29 is 18.0 Å². The van der Waals surface area contributed by atoms with E-state index in [1.165, 1.54) is 12.1 Å². The number of amides is 1. The third-order valence-corrected chi connectivity index (χ3v) is 2.87. The van der Waals surface area contributed by atoms with Crippen molar-refractivity contribution in [3.8, 4) is 0 Å². The van der Waals surface area contributed by atoms with Gasteiger partial charge in [0.1, 0.15) is 0 Å². The van der Waals surface area contributed by atoms with Crippen LogP contribution in [0.3, 0.4) is 0 Å². The van der Waals surface area contributed by atoms with Crippen LogP contribution in [-0.2, 0) is 12.7 Å². The van der Waals surface area contributed by atoms with Gasteiger partial charge >= 0.3 is 6.18 Å². The molecule has 0 aromatic heterocycles. The van der Waals surface area contributed by atoms with Crippen LogP contribution in [0.25, 0.3) is 0 Å². The number of nitrogens with two attached hydrogens (primary N) is 1. The molecule has 0 spiro atoms. The highest BCUT2D eigenvalue weighted by Crippen LogP contribution is 2.29. The van der Waals surface area contributed by atoms with Crippen molar-refractivity contribution in [2.24, 2.45) is 5.73 Å². The van der Waals surface area contributed by atoms with E-state index in [0.29, 0.717) is 12.2 Å². The van der Waals surface area contributed by atoms with Crippen molar-refractivity contribution in [1.29, 1.82) is 0 Å². The Kier molecular flexibility index (Phi) is 4.28. The van der Waals surface area contributed by atoms with Crippen molar-refractivity contribution in [2.75, 3.05) is 5.32 Å². The largest absolute Gasteiger partial charge is 0.416 e. The Morgan fingerprint density at radius 2 is 1.81 bits per heavy atom. The molecule has 0 radical (unpaired) electrons. The summed E-state index contributed by atoms with van der Waals surface area (Å²) in [6.45, 7) is 0.313. The number of benzene rings is 2. The Balaban J connectivity index is 2.20. The van der Waals surface area contributed by atoms with Crippen LogP contribution in [0.5, 0.6) is 0 Å². The van der Waals surface area contributed by atoms with E-state index in [9.17, 15) is 18.0 Å². The minimum Gasteiger partial charge on any atom is -0.326 e. The van der Waals surface area contributed by atoms with E-state index >= 15 is 0 Å². The van der Waals surface area contributed by atoms with Crippen LogP contribution in [0.1, 0.15) is 21.5 Å². The highest BCUT2D eigenvalue weighted by molar-refractivity contribution is 6.04. The third-order valence-electron chi connectivity index (χ3n) is 2.87. The standard InChI is InChI=1S/C15H13F3N2O/c16-15(17,18)12-5-2-4-11(8-12)14(21)20-13-6-1-3-10(7-13)9-19/h1-8H,9,19H2,(H,20,21). The van der Waals surface area contributed by atoms with Crippen LogP contribution in [0.2, 0.25) is 0 Å². The number of carbonyl (C=O) groups excluding carboxylic acids is 1. The smallest absolute Gasteiger partial charge is 0.326 e. The van der Waals surface area contributed by atoms with E-state index in [2.05, 4.69) is 5.32 Å². The van der Waals surface area contributed by atoms with Crippen molar-refractivity contribution in [2.45, 2.75) is 12.7 Å². The molecule has 0 saturated heterocycles. The van der Waals surface area contributed by atoms with Crippen LogP contribution < -0.4 is 11.1 Å². The van der Waals surface area contributed by atoms with Crippen LogP contribution in [-0.4, -0.2) is 5.91 Å². The maximum absolute atomic E-state index is 12.6. The fourth-order valence-corrected chi connectivity index (χ4v) is 1.82. The lowest BCUT2D eigenvalue weighted by molar-refractivity contribution is -0.137. The average molecular weight is 294 g/mol. The third kappa shape index (κ3) is 3.82. The van der Waals surface area contributed by atoms with Gasteiger partial charge in [0.05, 0.1) is 5.56 Å². The van der Waals surface area contributed by atoms with E-state index in [1.807, 2.05) is 0 Å². The first-order valence-electron chi connectivity index (χ1n) is 6.18. The second-order valence-electron chi connectivity index (χ2n) is 4.44. The van der Waals surface area contributed by atoms with Crippen LogP contribution in [0, 0.1) is 0 Å². The number of halogens is 3. The molecule has 6 heteroatoms. The normalized spacial score (nSPS) is 11.2. The zero-order chi connectivity index (χ0) is 15.5. The number of hydrogen-bond donors (Lipinski definition) is 2. The second-order valence-corrected chi connectivity index (χ2v) is 4.44. The van der Waals surface area contributed by atoms with Gasteiger partial charge in [0.25, 0.3) is 5.91 Å². The molecular formula is C15H13F3N2O. The van der Waals surface area contributed by atoms with Crippen molar-refractivity contribution in [3.05, 3.63) is 65.2 Å². The Morgan fingerprint density at radius 1 is 1.10 bits per heavy atom. The first-order chi connectivity index (χ1) is 9.90. The maximum Gasteiger partial charge on any atom is 0.416 e. The van der Waals surface area contributed by atoms with Crippen LogP contribution >= 0.6 is 0 Å². The number of alkyl halides is 3. The summed E-state index contributed by atoms with van der Waals surface area (Å²) >= 11 is 0. The van der Waals surface area contributed by atoms with Gasteiger partial charge in [-0.1, -0.05) is 18.2 Å². The summed E-state index contributed by atoms with van der Waals surface area (Å²) in [5, 5.41) is 2.55. The number of carbonyl (C=O) groups is 1. The summed E-state index contributed by atoms with van der Waals surface area (Å²) in [5.74, 6) is -0.602. The molecule has 0 unspecified atom stereocenters. The Morgan fingerprint density at radius 3 is 2.48 bits per heavy atom. The lowest BCUT2D eigenvalue weighted by Gasteiger charge is -2.10. The van der Waals surface area contributed by atoms with Gasteiger partial charge in [0, 0.05) is 17.8 Å². The van der Waals surface area contributed by atoms with Gasteiger partial charge in [-0.05, 0) is 35.9 Å². The molecule has 1 amide bonds. The molecule has 0 bridgehead atoms. The van der Waals surface area contributed by atoms with Gasteiger partial charge in [-0.15, -0.1) is 0 Å². The topological polar surface area (TPSA) is 55.1 Å². The van der Waals surface area contributed by atoms with Gasteiger partial charge in [-0.3, -0.25) is 4.79 Å². The van der Waals surface area contributed by atoms with E-state index in [0.717, 1.165) is 17.7 Å². The van der Waals surface area contributed by atoms with Crippen molar-refractivity contribution >= 4 is 11.6 Å². The van der Waals surface area contributed by atoms with Crippen molar-refractivity contribution in [1.82, 2.24) is 0 Å². The molecule has 0 aliphatic heterocycles. The number of rotatable bonds is 3. The van der Waals surface area contributed by atoms with E-state index in [1.54, 1.807) is 24.3 Å². The van der Waals surface area contributed by atoms with E-state index < -0.39 is 17.6 Å². The minimum absolute atomic E-state index is 0.0528. The Hall–Kier alpha value is -2.34. The van der Waals surface area contributed by atoms with Crippen LogP contribution in [0.15, 0.2) is 48.5 Å². The molecule has 0 heterocycles. The predicted molar refractivity (Wildman–Crippen MR) is 73.7 cm³/mol. The average Bonchev–Trinajstić information content (AvgIpc) is 2.46. The highest BCUT2D eigenvalue weighted by atomic mass is 19.4. The number of anilines is 1. The Bertz CT molecular complexity index is 653. The van der Waals surface area contributed by atoms with Crippen LogP contribution in [0.4, 0.5) is 18.9 Å². The van der Waals surface area contributed by atoms with E-state index in [4.69, 9.17) is 5.73 Å². The molecule has 0 aliphatic rings. The monoisotopic (exact) mass is 294 g/mol. The lowest BCUT2D eigenvalue weighted by atomic mass is 10.1. The molecule has 0 saturated carbocycles. The van der Waals surface area contributed by atoms with E-state index in [-0.39, 0.29) is 5.56 Å². The molecule has 0 atom stereocenters. The summed E-state index contributed by atoms with van der Waals surface area (Å²) in [7, 11) is 0. The van der Waals surface area contributed by atoms with Gasteiger partial charge in [-0.2, -0.15) is 13.2 Å². The molecular weight excluding hydrogens is 281 g/mol. The molecule has 2 aromatic rings. The summed E-state index contributed by atoms with van der Waals surface area (Å²) in [4.78, 5) is 12.0. The summed E-state index contributed by atoms with van der Waals surface area (Å²) in [6.07, 6.45) is -4.48. The fraction of sp³-hybridized carbons (Fsp3) is 0.133. The molecule has 2 rings (SSSR count). The first kappa shape index (κ1) is 15.1. The highest BCUT2D eigenvalue weighted by Gasteiger charge is 2.30. The summed E-state index contributed by atoms with van der Waals surface area (Å²) in [5.41, 5.74) is 5.89. The molecule has 2 aromatic carbocycles. The van der Waals surface area contributed by atoms with Gasteiger partial charge < -0.3 is 11.1 Å². The molecule has 3 nitrogen and oxygen atoms in total. The minimum atomic E-state index is -4.48. The number of hydrogen-bond acceptors (Lipinski definition) is 2. The van der Waals surface area contributed by atoms with Gasteiger partial charge in [0.15, 0.2) is 0 Å². The molecule has 21 heavy (non-hydrogen) atoms. The fourth-order valence-electron chi connectivity index (χ4n) is 1.82. The first-order valence-corrected chi connectivity index (χ1v) is 6.18. The lowest BCUT2D eigenvalue weighted by Crippen LogP contribution is -2.14. The summed E-state index contributed by atoms with van der Waals surface area (Å²) < 4.78 is 37.8. The zero-order valence-electron chi connectivity index (χ0n) is 10.9. The molecule has 0 aliphatic carbocycles. The second kappa shape index (κ2) is 5.97. The predicted octanol–water partition coefficient (Wildman–Crippen LogP) is 3.42. The van der Waals surface area contributed by atoms with Gasteiger partial charge in [0.2, 0.25) is 0 Å². The number of nitrogens with one attached hydrogen (secondary N) is 1. The maximum atomic E-state index is 12.6. The molecule has 3 N–H and O–H groups in total. The molecule has 0 fully saturated rings. The van der Waals surface area contributed by atoms with Crippen molar-refractivity contribution in [3.63, 3.8) is 0 Å².